The number of rotatable bonds is 11. The number of carbonyl (C=O) groups excluding carboxylic acids is 1. The summed E-state index contributed by atoms with van der Waals surface area (Å²) in [5.41, 5.74) is 2.66. The third-order valence-electron chi connectivity index (χ3n) is 5.78. The Kier molecular flexibility index (Phi) is 9.61. The second-order valence-electron chi connectivity index (χ2n) is 8.60. The Labute approximate surface area is 230 Å². The Hall–Kier alpha value is -2.87. The summed E-state index contributed by atoms with van der Waals surface area (Å²) in [6.07, 6.45) is 2.70. The molecule has 37 heavy (non-hydrogen) atoms. The summed E-state index contributed by atoms with van der Waals surface area (Å²) in [6, 6.07) is 21.1. The van der Waals surface area contributed by atoms with Gasteiger partial charge in [0, 0.05) is 17.2 Å². The molecule has 1 unspecified atom stereocenters. The van der Waals surface area contributed by atoms with Crippen LogP contribution in [0, 0.1) is 5.82 Å². The van der Waals surface area contributed by atoms with Crippen molar-refractivity contribution in [2.75, 3.05) is 0 Å². The van der Waals surface area contributed by atoms with Gasteiger partial charge in [-0.15, -0.1) is 10.2 Å². The molecule has 0 bridgehead atoms. The van der Waals surface area contributed by atoms with Gasteiger partial charge in [-0.1, -0.05) is 90.8 Å². The normalized spacial score (nSPS) is 11.9. The van der Waals surface area contributed by atoms with E-state index in [2.05, 4.69) is 22.4 Å². The molecular weight excluding hydrogens is 530 g/mol. The summed E-state index contributed by atoms with van der Waals surface area (Å²) in [7, 11) is 0. The van der Waals surface area contributed by atoms with Crippen molar-refractivity contribution in [2.45, 2.75) is 49.6 Å². The van der Waals surface area contributed by atoms with Crippen molar-refractivity contribution in [1.82, 2.24) is 20.1 Å². The first-order valence-corrected chi connectivity index (χ1v) is 13.8. The van der Waals surface area contributed by atoms with Crippen LogP contribution in [0.5, 0.6) is 0 Å². The number of benzene rings is 3. The number of unbranched alkanes of at least 4 members (excludes halogenated alkanes) is 1. The summed E-state index contributed by atoms with van der Waals surface area (Å²) in [4.78, 5) is 12.8. The second kappa shape index (κ2) is 13.1. The summed E-state index contributed by atoms with van der Waals surface area (Å²) in [6.45, 7) is 2.05. The van der Waals surface area contributed by atoms with Gasteiger partial charge in [-0.25, -0.2) is 4.39 Å². The standard InChI is InChI=1S/C28H27Cl2FN4OS/c1-2-3-9-26(36)32-24(16-19-7-5-4-6-8-19)27-33-34-28(37-18-20-10-13-22(31)14-11-20)35(27)25-15-12-21(29)17-23(25)30/h4-8,10-15,17,24H,2-3,9,16,18H2,1H3,(H,32,36). The van der Waals surface area contributed by atoms with Crippen LogP contribution in [-0.4, -0.2) is 20.7 Å². The molecule has 4 rings (SSSR count). The number of hydrogen-bond acceptors (Lipinski definition) is 4. The third-order valence-corrected chi connectivity index (χ3v) is 7.32. The minimum absolute atomic E-state index is 0.0416. The largest absolute Gasteiger partial charge is 0.346 e. The van der Waals surface area contributed by atoms with Crippen molar-refractivity contribution in [3.63, 3.8) is 0 Å². The van der Waals surface area contributed by atoms with Crippen molar-refractivity contribution < 1.29 is 9.18 Å². The molecule has 1 aromatic heterocycles. The Morgan fingerprint density at radius 3 is 2.49 bits per heavy atom. The van der Waals surface area contributed by atoms with E-state index in [9.17, 15) is 9.18 Å². The number of hydrogen-bond donors (Lipinski definition) is 1. The molecule has 9 heteroatoms. The Morgan fingerprint density at radius 1 is 1.03 bits per heavy atom. The zero-order valence-corrected chi connectivity index (χ0v) is 22.7. The highest BCUT2D eigenvalue weighted by Crippen LogP contribution is 2.33. The van der Waals surface area contributed by atoms with Gasteiger partial charge in [0.05, 0.1) is 16.8 Å². The van der Waals surface area contributed by atoms with Gasteiger partial charge in [-0.05, 0) is 54.3 Å². The molecular formula is C28H27Cl2FN4OS. The molecule has 0 aliphatic heterocycles. The van der Waals surface area contributed by atoms with Crippen LogP contribution in [0.25, 0.3) is 5.69 Å². The van der Waals surface area contributed by atoms with E-state index in [1.807, 2.05) is 41.0 Å². The first kappa shape index (κ1) is 27.2. The van der Waals surface area contributed by atoms with Gasteiger partial charge in [0.1, 0.15) is 5.82 Å². The Bertz CT molecular complexity index is 1330. The highest BCUT2D eigenvalue weighted by Gasteiger charge is 2.26. The van der Waals surface area contributed by atoms with E-state index < -0.39 is 6.04 Å². The molecule has 0 aliphatic rings. The molecule has 1 amide bonds. The summed E-state index contributed by atoms with van der Waals surface area (Å²) >= 11 is 14.3. The van der Waals surface area contributed by atoms with Crippen LogP contribution in [0.3, 0.4) is 0 Å². The van der Waals surface area contributed by atoms with Crippen LogP contribution in [0.2, 0.25) is 10.0 Å². The van der Waals surface area contributed by atoms with Crippen molar-refractivity contribution in [1.29, 1.82) is 0 Å². The van der Waals surface area contributed by atoms with Crippen molar-refractivity contribution in [3.8, 4) is 5.69 Å². The van der Waals surface area contributed by atoms with Gasteiger partial charge < -0.3 is 5.32 Å². The van der Waals surface area contributed by atoms with E-state index in [1.54, 1.807) is 24.3 Å². The van der Waals surface area contributed by atoms with E-state index in [-0.39, 0.29) is 11.7 Å². The van der Waals surface area contributed by atoms with Crippen LogP contribution in [0.15, 0.2) is 78.0 Å². The third kappa shape index (κ3) is 7.34. The zero-order chi connectivity index (χ0) is 26.2. The average Bonchev–Trinajstić information content (AvgIpc) is 3.31. The van der Waals surface area contributed by atoms with Gasteiger partial charge in [-0.3, -0.25) is 9.36 Å². The zero-order valence-electron chi connectivity index (χ0n) is 20.3. The SMILES string of the molecule is CCCCC(=O)NC(Cc1ccccc1)c1nnc(SCc2ccc(F)cc2)n1-c1ccc(Cl)cc1Cl. The molecule has 0 radical (unpaired) electrons. The van der Waals surface area contributed by atoms with Gasteiger partial charge in [0.2, 0.25) is 5.91 Å². The smallest absolute Gasteiger partial charge is 0.220 e. The molecule has 0 spiro atoms. The maximum Gasteiger partial charge on any atom is 0.220 e. The fourth-order valence-electron chi connectivity index (χ4n) is 3.88. The summed E-state index contributed by atoms with van der Waals surface area (Å²) in [5, 5.41) is 13.7. The number of nitrogens with zero attached hydrogens (tertiary/aromatic N) is 3. The lowest BCUT2D eigenvalue weighted by Crippen LogP contribution is -2.31. The second-order valence-corrected chi connectivity index (χ2v) is 10.4. The Morgan fingerprint density at radius 2 is 1.78 bits per heavy atom. The van der Waals surface area contributed by atoms with E-state index in [0.717, 1.165) is 24.0 Å². The number of halogens is 3. The average molecular weight is 558 g/mol. The van der Waals surface area contributed by atoms with Crippen LogP contribution in [0.1, 0.15) is 49.2 Å². The van der Waals surface area contributed by atoms with E-state index >= 15 is 0 Å². The van der Waals surface area contributed by atoms with Gasteiger partial charge >= 0.3 is 0 Å². The number of nitrogens with one attached hydrogen (secondary N) is 1. The van der Waals surface area contributed by atoms with Crippen molar-refractivity contribution in [3.05, 3.63) is 106 Å². The van der Waals surface area contributed by atoms with Gasteiger partial charge in [-0.2, -0.15) is 0 Å². The molecule has 1 atom stereocenters. The predicted octanol–water partition coefficient (Wildman–Crippen LogP) is 7.60. The highest BCUT2D eigenvalue weighted by atomic mass is 35.5. The monoisotopic (exact) mass is 556 g/mol. The molecule has 0 saturated carbocycles. The highest BCUT2D eigenvalue weighted by molar-refractivity contribution is 7.98. The molecule has 192 valence electrons. The molecule has 3 aromatic carbocycles. The lowest BCUT2D eigenvalue weighted by Gasteiger charge is -2.21. The van der Waals surface area contributed by atoms with E-state index in [4.69, 9.17) is 23.2 Å². The molecule has 0 aliphatic carbocycles. The lowest BCUT2D eigenvalue weighted by molar-refractivity contribution is -0.122. The first-order chi connectivity index (χ1) is 17.9. The van der Waals surface area contributed by atoms with Crippen LogP contribution in [-0.2, 0) is 17.0 Å². The van der Waals surface area contributed by atoms with E-state index in [0.29, 0.717) is 45.3 Å². The van der Waals surface area contributed by atoms with Crippen LogP contribution < -0.4 is 5.32 Å². The minimum atomic E-state index is -0.439. The van der Waals surface area contributed by atoms with Gasteiger partial charge in [0.25, 0.3) is 0 Å². The maximum atomic E-state index is 13.4. The number of thioether (sulfide) groups is 1. The fraction of sp³-hybridized carbons (Fsp3) is 0.250. The van der Waals surface area contributed by atoms with Gasteiger partial charge in [0.15, 0.2) is 11.0 Å². The van der Waals surface area contributed by atoms with Crippen molar-refractivity contribution >= 4 is 40.9 Å². The summed E-state index contributed by atoms with van der Waals surface area (Å²) in [5.74, 6) is 0.796. The lowest BCUT2D eigenvalue weighted by atomic mass is 10.0. The number of carbonyl (C=O) groups is 1. The number of amides is 1. The topological polar surface area (TPSA) is 59.8 Å². The first-order valence-electron chi connectivity index (χ1n) is 12.1. The maximum absolute atomic E-state index is 13.4. The van der Waals surface area contributed by atoms with Crippen LogP contribution in [0.4, 0.5) is 4.39 Å². The molecule has 4 aromatic rings. The summed E-state index contributed by atoms with van der Waals surface area (Å²) < 4.78 is 15.2. The quantitative estimate of drug-likeness (QED) is 0.193. The molecule has 5 nitrogen and oxygen atoms in total. The molecule has 1 N–H and O–H groups in total. The Balaban J connectivity index is 1.74. The molecule has 1 heterocycles. The minimum Gasteiger partial charge on any atom is -0.346 e. The molecule has 0 fully saturated rings. The van der Waals surface area contributed by atoms with Crippen LogP contribution >= 0.6 is 35.0 Å². The predicted molar refractivity (Wildman–Crippen MR) is 148 cm³/mol. The number of aromatic nitrogens is 3. The fourth-order valence-corrected chi connectivity index (χ4v) is 5.28. The van der Waals surface area contributed by atoms with E-state index in [1.165, 1.54) is 23.9 Å². The molecule has 0 saturated heterocycles. The van der Waals surface area contributed by atoms with Crippen molar-refractivity contribution in [2.24, 2.45) is 0 Å².